The molecule has 0 N–H and O–H groups in total. The maximum Gasteiger partial charge on any atom is 0.506 e. The van der Waals surface area contributed by atoms with E-state index >= 15 is 0 Å². The molecule has 2 nitrogen and oxygen atoms in total. The maximum atomic E-state index is 5.92. The van der Waals surface area contributed by atoms with Gasteiger partial charge >= 0.3 is 18.2 Å². The Labute approximate surface area is 119 Å². The Morgan fingerprint density at radius 1 is 1.06 bits per heavy atom. The molecule has 0 saturated carbocycles. The quantitative estimate of drug-likeness (QED) is 0.782. The van der Waals surface area contributed by atoms with Crippen molar-refractivity contribution < 1.29 is 9.47 Å². The third kappa shape index (κ3) is 3.23. The summed E-state index contributed by atoms with van der Waals surface area (Å²) in [5.74, 6) is -0.581. The lowest BCUT2D eigenvalue weighted by Crippen LogP contribution is -2.43. The predicted octanol–water partition coefficient (Wildman–Crippen LogP) is 2.57. The number of halogens is 1. The van der Waals surface area contributed by atoms with Crippen LogP contribution in [0.1, 0.15) is 26.3 Å². The van der Waals surface area contributed by atoms with Gasteiger partial charge in [0.1, 0.15) is 0 Å². The minimum atomic E-state index is -0.581. The Bertz CT molecular complexity index is 379. The van der Waals surface area contributed by atoms with Gasteiger partial charge in [-0.3, -0.25) is 12.9 Å². The van der Waals surface area contributed by atoms with Crippen molar-refractivity contribution in [3.8, 4) is 0 Å². The minimum Gasteiger partial charge on any atom is -0.345 e. The molecule has 0 amide bonds. The molecule has 1 heterocycles. The third-order valence-corrected chi connectivity index (χ3v) is 5.83. The molecular weight excluding hydrogens is 292 g/mol. The van der Waals surface area contributed by atoms with Crippen LogP contribution >= 0.6 is 12.9 Å². The van der Waals surface area contributed by atoms with Gasteiger partial charge in [0, 0.05) is 11.0 Å². The van der Waals surface area contributed by atoms with Crippen molar-refractivity contribution in [2.75, 3.05) is 13.2 Å². The van der Waals surface area contributed by atoms with E-state index in [9.17, 15) is 0 Å². The molecule has 17 heavy (non-hydrogen) atoms. The van der Waals surface area contributed by atoms with Gasteiger partial charge in [0.25, 0.3) is 0 Å². The van der Waals surface area contributed by atoms with Crippen molar-refractivity contribution in [1.82, 2.24) is 0 Å². The highest BCUT2D eigenvalue weighted by atomic mass is 79.9. The lowest BCUT2D eigenvalue weighted by atomic mass is 9.94. The molecule has 2 rings (SSSR count). The molecule has 0 atom stereocenters. The van der Waals surface area contributed by atoms with Gasteiger partial charge in [-0.25, -0.2) is 0 Å². The maximum absolute atomic E-state index is 5.92. The van der Waals surface area contributed by atoms with E-state index in [2.05, 4.69) is 51.0 Å². The smallest absolute Gasteiger partial charge is 0.345 e. The van der Waals surface area contributed by atoms with Crippen molar-refractivity contribution in [3.63, 3.8) is 0 Å². The third-order valence-electron chi connectivity index (χ3n) is 3.11. The Morgan fingerprint density at radius 3 is 2.06 bits per heavy atom. The molecule has 0 aliphatic carbocycles. The van der Waals surface area contributed by atoms with Crippen molar-refractivity contribution in [2.45, 2.75) is 26.6 Å². The molecule has 0 aromatic heterocycles. The summed E-state index contributed by atoms with van der Waals surface area (Å²) < 4.78 is 13.2. The molecule has 1 aliphatic heterocycles. The molecule has 0 radical (unpaired) electrons. The van der Waals surface area contributed by atoms with E-state index in [0.29, 0.717) is 0 Å². The molecule has 0 bridgehead atoms. The molecule has 1 aromatic rings. The number of hydrogen-bond acceptors (Lipinski definition) is 2. The monoisotopic (exact) mass is 308 g/mol. The first-order valence-corrected chi connectivity index (χ1v) is 10.5. The molecular formula is C13H17BrMgO2. The second-order valence-corrected chi connectivity index (χ2v) is 8.28. The molecule has 4 heteroatoms. The van der Waals surface area contributed by atoms with Gasteiger partial charge in [-0.15, -0.1) is 0 Å². The number of benzene rings is 1. The predicted molar refractivity (Wildman–Crippen MR) is 73.8 cm³/mol. The Balaban J connectivity index is 2.15. The molecule has 90 valence electrons. The standard InChI is InChI=1S/C13H17O2.BrH.Mg/c1-12(2)9-14-13(3,15-10-12)11-7-5-4-6-8-11;;/h5-8H,9-10H2,1-3H3;1H;/q;;+1/p-1. The van der Waals surface area contributed by atoms with Crippen molar-refractivity contribution in [3.05, 3.63) is 29.8 Å². The van der Waals surface area contributed by atoms with Crippen LogP contribution in [0.5, 0.6) is 0 Å². The fraction of sp³-hybridized carbons (Fsp3) is 0.538. The van der Waals surface area contributed by atoms with Gasteiger partial charge in [0.15, 0.2) is 5.79 Å². The molecule has 1 aromatic carbocycles. The van der Waals surface area contributed by atoms with Crippen LogP contribution in [-0.4, -0.2) is 31.4 Å². The summed E-state index contributed by atoms with van der Waals surface area (Å²) in [6, 6.07) is 8.55. The van der Waals surface area contributed by atoms with Crippen LogP contribution in [-0.2, 0) is 15.3 Å². The summed E-state index contributed by atoms with van der Waals surface area (Å²) in [4.78, 5) is 0. The fourth-order valence-electron chi connectivity index (χ4n) is 1.81. The van der Waals surface area contributed by atoms with E-state index < -0.39 is 5.79 Å². The molecule has 1 fully saturated rings. The van der Waals surface area contributed by atoms with E-state index in [1.54, 1.807) is 0 Å². The van der Waals surface area contributed by atoms with Crippen LogP contribution < -0.4 is 3.69 Å². The van der Waals surface area contributed by atoms with Crippen molar-refractivity contribution in [2.24, 2.45) is 5.41 Å². The summed E-state index contributed by atoms with van der Waals surface area (Å²) in [6.07, 6.45) is 0. The summed E-state index contributed by atoms with van der Waals surface area (Å²) in [7, 11) is 0. The van der Waals surface area contributed by atoms with Gasteiger partial charge < -0.3 is 9.47 Å². The van der Waals surface area contributed by atoms with E-state index in [1.165, 1.54) is 3.69 Å². The molecule has 0 spiro atoms. The highest BCUT2D eigenvalue weighted by Crippen LogP contribution is 2.35. The lowest BCUT2D eigenvalue weighted by Gasteiger charge is -2.41. The molecule has 1 saturated heterocycles. The summed E-state index contributed by atoms with van der Waals surface area (Å²) in [5.41, 5.74) is 1.22. The highest BCUT2D eigenvalue weighted by molar-refractivity contribution is 9.23. The van der Waals surface area contributed by atoms with E-state index in [0.717, 1.165) is 18.8 Å². The number of rotatable bonds is 2. The van der Waals surface area contributed by atoms with Gasteiger partial charge in [0.05, 0.1) is 13.2 Å². The average molecular weight is 309 g/mol. The van der Waals surface area contributed by atoms with E-state index in [4.69, 9.17) is 9.47 Å². The molecule has 0 unspecified atom stereocenters. The van der Waals surface area contributed by atoms with Crippen LogP contribution in [0.2, 0.25) is 0 Å². The van der Waals surface area contributed by atoms with Crippen LogP contribution in [0.4, 0.5) is 0 Å². The normalized spacial score (nSPS) is 21.9. The van der Waals surface area contributed by atoms with E-state index in [-0.39, 0.29) is 23.6 Å². The van der Waals surface area contributed by atoms with Crippen LogP contribution in [0.3, 0.4) is 0 Å². The van der Waals surface area contributed by atoms with Gasteiger partial charge in [0.2, 0.25) is 0 Å². The number of ether oxygens (including phenoxy) is 2. The van der Waals surface area contributed by atoms with Crippen LogP contribution in [0.15, 0.2) is 24.3 Å². The topological polar surface area (TPSA) is 18.5 Å². The summed E-state index contributed by atoms with van der Waals surface area (Å²) in [5, 5.41) is 0. The first kappa shape index (κ1) is 13.8. The van der Waals surface area contributed by atoms with Crippen molar-refractivity contribution >= 4 is 34.8 Å². The van der Waals surface area contributed by atoms with Gasteiger partial charge in [-0.1, -0.05) is 38.1 Å². The summed E-state index contributed by atoms with van der Waals surface area (Å²) >= 11 is 3.32. The first-order valence-electron chi connectivity index (χ1n) is 5.88. The molecule has 1 aliphatic rings. The van der Waals surface area contributed by atoms with E-state index in [1.807, 2.05) is 6.92 Å². The van der Waals surface area contributed by atoms with Crippen LogP contribution in [0.25, 0.3) is 0 Å². The lowest BCUT2D eigenvalue weighted by molar-refractivity contribution is -0.298. The SMILES string of the molecule is CC1(C)COC(C)(c2cc[c]([Mg][Br])cc2)OC1. The fourth-order valence-corrected chi connectivity index (χ4v) is 3.35. The largest absolute Gasteiger partial charge is 0.506 e. The Hall–Kier alpha value is 0.386. The van der Waals surface area contributed by atoms with Gasteiger partial charge in [-0.05, 0) is 6.92 Å². The second-order valence-electron chi connectivity index (χ2n) is 5.52. The van der Waals surface area contributed by atoms with Gasteiger partial charge in [-0.2, -0.15) is 3.69 Å². The van der Waals surface area contributed by atoms with Crippen molar-refractivity contribution in [1.29, 1.82) is 0 Å². The zero-order valence-corrected chi connectivity index (χ0v) is 13.6. The Kier molecular flexibility index (Phi) is 4.20. The minimum absolute atomic E-state index is 0.113. The first-order chi connectivity index (χ1) is 7.95. The van der Waals surface area contributed by atoms with Crippen LogP contribution in [0, 0.1) is 5.41 Å². The Morgan fingerprint density at radius 2 is 1.59 bits per heavy atom. The highest BCUT2D eigenvalue weighted by Gasteiger charge is 2.38. The zero-order chi connectivity index (χ0) is 12.5. The summed E-state index contributed by atoms with van der Waals surface area (Å²) in [6.45, 7) is 7.79. The number of hydrogen-bond donors (Lipinski definition) is 0. The average Bonchev–Trinajstić information content (AvgIpc) is 2.34. The zero-order valence-electron chi connectivity index (χ0n) is 10.6. The second kappa shape index (κ2) is 5.17.